The third kappa shape index (κ3) is 5.55. The van der Waals surface area contributed by atoms with E-state index in [-0.39, 0.29) is 56.2 Å². The maximum Gasteiger partial charge on any atom is 0.254 e. The number of nitrogens with zero attached hydrogens (tertiary/aromatic N) is 1. The Hall–Kier alpha value is -2.81. The van der Waals surface area contributed by atoms with Crippen LogP contribution >= 0.6 is 0 Å². The van der Waals surface area contributed by atoms with Gasteiger partial charge in [-0.25, -0.2) is 4.39 Å². The molecule has 7 nitrogen and oxygen atoms in total. The minimum Gasteiger partial charge on any atom is -0.389 e. The van der Waals surface area contributed by atoms with Gasteiger partial charge in [0.25, 0.3) is 5.91 Å². The highest BCUT2D eigenvalue weighted by atomic mass is 19.1. The van der Waals surface area contributed by atoms with E-state index >= 15 is 0 Å². The molecule has 0 spiro atoms. The molecule has 0 bridgehead atoms. The van der Waals surface area contributed by atoms with Crippen molar-refractivity contribution in [1.82, 2.24) is 10.2 Å². The van der Waals surface area contributed by atoms with Gasteiger partial charge in [0, 0.05) is 18.2 Å². The Morgan fingerprint density at radius 2 is 1.74 bits per heavy atom. The van der Waals surface area contributed by atoms with Crippen LogP contribution in [0, 0.1) is 5.82 Å². The predicted octanol–water partition coefficient (Wildman–Crippen LogP) is 2.25. The number of amides is 2. The van der Waals surface area contributed by atoms with Crippen LogP contribution in [0.2, 0.25) is 0 Å². The molecule has 2 aromatic rings. The molecule has 2 amide bonds. The van der Waals surface area contributed by atoms with Crippen LogP contribution in [0.25, 0.3) is 0 Å². The van der Waals surface area contributed by atoms with Gasteiger partial charge in [-0.2, -0.15) is 0 Å². The van der Waals surface area contributed by atoms with Gasteiger partial charge in [0.15, 0.2) is 0 Å². The number of hydrogen-bond acceptors (Lipinski definition) is 5. The fourth-order valence-corrected chi connectivity index (χ4v) is 5.49. The van der Waals surface area contributed by atoms with E-state index in [1.807, 2.05) is 12.1 Å². The van der Waals surface area contributed by atoms with Gasteiger partial charge in [-0.15, -0.1) is 0 Å². The van der Waals surface area contributed by atoms with Crippen molar-refractivity contribution in [1.29, 1.82) is 0 Å². The molecule has 186 valence electrons. The lowest BCUT2D eigenvalue weighted by molar-refractivity contribution is -0.151. The zero-order valence-corrected chi connectivity index (χ0v) is 19.6. The highest BCUT2D eigenvalue weighted by Gasteiger charge is 2.40. The molecule has 2 N–H and O–H groups in total. The van der Waals surface area contributed by atoms with Crippen LogP contribution in [0.5, 0.6) is 0 Å². The third-order valence-corrected chi connectivity index (χ3v) is 7.16. The lowest BCUT2D eigenvalue weighted by atomic mass is 9.94. The fourth-order valence-electron chi connectivity index (χ4n) is 5.49. The van der Waals surface area contributed by atoms with Crippen molar-refractivity contribution in [2.45, 2.75) is 62.5 Å². The Labute approximate surface area is 204 Å². The smallest absolute Gasteiger partial charge is 0.254 e. The van der Waals surface area contributed by atoms with Crippen LogP contribution < -0.4 is 5.32 Å². The number of benzene rings is 2. The standard InChI is InChI=1S/C27H31FN2O5/c28-20-7-5-17(6-8-20)27(33)30-14-22(31)15-34-16-25-24(30)10-9-23(35-25)13-26(32)29-21-11-18-3-1-2-4-19(18)12-21/h1-8,21-25,31H,9-16H2,(H,29,32)/t22-,23-,24-,25+/m1/s1. The number of hydrogen-bond donors (Lipinski definition) is 2. The highest BCUT2D eigenvalue weighted by Crippen LogP contribution is 2.29. The molecule has 8 heteroatoms. The summed E-state index contributed by atoms with van der Waals surface area (Å²) in [6.45, 7) is 0.423. The highest BCUT2D eigenvalue weighted by molar-refractivity contribution is 5.94. The second kappa shape index (κ2) is 10.4. The lowest BCUT2D eigenvalue weighted by Crippen LogP contribution is -2.57. The zero-order valence-electron chi connectivity index (χ0n) is 19.6. The molecule has 0 saturated carbocycles. The number of fused-ring (bicyclic) bond motifs is 2. The van der Waals surface area contributed by atoms with Gasteiger partial charge in [-0.3, -0.25) is 9.59 Å². The number of halogens is 1. The van der Waals surface area contributed by atoms with Crippen molar-refractivity contribution >= 4 is 11.8 Å². The van der Waals surface area contributed by atoms with E-state index in [2.05, 4.69) is 17.4 Å². The lowest BCUT2D eigenvalue weighted by Gasteiger charge is -2.44. The zero-order chi connectivity index (χ0) is 24.4. The first-order chi connectivity index (χ1) is 17.0. The number of aliphatic hydroxyl groups is 1. The van der Waals surface area contributed by atoms with E-state index < -0.39 is 18.0 Å². The van der Waals surface area contributed by atoms with E-state index in [1.54, 1.807) is 4.90 Å². The van der Waals surface area contributed by atoms with Crippen molar-refractivity contribution in [2.24, 2.45) is 0 Å². The molecule has 2 aromatic carbocycles. The Bertz CT molecular complexity index is 1040. The van der Waals surface area contributed by atoms with E-state index in [1.165, 1.54) is 35.4 Å². The summed E-state index contributed by atoms with van der Waals surface area (Å²) in [6.07, 6.45) is 1.68. The number of ether oxygens (including phenoxy) is 2. The second-order valence-electron chi connectivity index (χ2n) is 9.74. The average Bonchev–Trinajstić information content (AvgIpc) is 3.24. The third-order valence-electron chi connectivity index (χ3n) is 7.16. The summed E-state index contributed by atoms with van der Waals surface area (Å²) in [6, 6.07) is 13.5. The molecule has 0 radical (unpaired) electrons. The second-order valence-corrected chi connectivity index (χ2v) is 9.74. The van der Waals surface area contributed by atoms with Crippen LogP contribution in [0.1, 0.15) is 40.7 Å². The number of carbonyl (C=O) groups is 2. The van der Waals surface area contributed by atoms with E-state index in [0.29, 0.717) is 18.4 Å². The number of carbonyl (C=O) groups excluding carboxylic acids is 2. The number of β-amino-alcohol motifs (C(OH)–C–C–N with tert-alkyl or cyclic N) is 1. The van der Waals surface area contributed by atoms with Crippen molar-refractivity contribution < 1.29 is 28.6 Å². The van der Waals surface area contributed by atoms with Crippen molar-refractivity contribution in [3.8, 4) is 0 Å². The summed E-state index contributed by atoms with van der Waals surface area (Å²) >= 11 is 0. The molecule has 2 fully saturated rings. The number of nitrogens with one attached hydrogen (secondary N) is 1. The van der Waals surface area contributed by atoms with Gasteiger partial charge in [-0.05, 0) is 61.1 Å². The molecule has 2 aliphatic heterocycles. The summed E-state index contributed by atoms with van der Waals surface area (Å²) in [4.78, 5) is 27.7. The Balaban J connectivity index is 1.21. The Morgan fingerprint density at radius 3 is 2.46 bits per heavy atom. The quantitative estimate of drug-likeness (QED) is 0.698. The van der Waals surface area contributed by atoms with Crippen molar-refractivity contribution in [3.63, 3.8) is 0 Å². The van der Waals surface area contributed by atoms with Gasteiger partial charge in [-0.1, -0.05) is 24.3 Å². The van der Waals surface area contributed by atoms with Crippen molar-refractivity contribution in [3.05, 3.63) is 71.0 Å². The molecule has 2 saturated heterocycles. The summed E-state index contributed by atoms with van der Waals surface area (Å²) < 4.78 is 25.3. The minimum atomic E-state index is -0.820. The van der Waals surface area contributed by atoms with Gasteiger partial charge >= 0.3 is 0 Å². The topological polar surface area (TPSA) is 88.1 Å². The Kier molecular flexibility index (Phi) is 7.13. The summed E-state index contributed by atoms with van der Waals surface area (Å²) in [5.74, 6) is -0.724. The maximum absolute atomic E-state index is 13.4. The number of rotatable bonds is 4. The SMILES string of the molecule is O=C(C[C@H]1CC[C@@H]2[C@H](COC[C@H](O)CN2C(=O)c2ccc(F)cc2)O1)NC1Cc2ccccc2C1. The molecule has 4 atom stereocenters. The average molecular weight is 483 g/mol. The van der Waals surface area contributed by atoms with Gasteiger partial charge < -0.3 is 24.8 Å². The van der Waals surface area contributed by atoms with Crippen LogP contribution in [-0.4, -0.2) is 72.0 Å². The minimum absolute atomic E-state index is 0.0346. The van der Waals surface area contributed by atoms with Crippen LogP contribution in [-0.2, 0) is 27.1 Å². The van der Waals surface area contributed by atoms with Crippen molar-refractivity contribution in [2.75, 3.05) is 19.8 Å². The van der Waals surface area contributed by atoms with E-state index in [9.17, 15) is 19.1 Å². The summed E-state index contributed by atoms with van der Waals surface area (Å²) in [7, 11) is 0. The summed E-state index contributed by atoms with van der Waals surface area (Å²) in [5.41, 5.74) is 2.93. The van der Waals surface area contributed by atoms with Gasteiger partial charge in [0.05, 0.1) is 37.9 Å². The number of aliphatic hydroxyl groups excluding tert-OH is 1. The van der Waals surface area contributed by atoms with Gasteiger partial charge in [0.2, 0.25) is 5.91 Å². The van der Waals surface area contributed by atoms with E-state index in [0.717, 1.165) is 12.8 Å². The first-order valence-corrected chi connectivity index (χ1v) is 12.3. The molecule has 3 aliphatic rings. The van der Waals surface area contributed by atoms with Crippen LogP contribution in [0.3, 0.4) is 0 Å². The molecule has 0 unspecified atom stereocenters. The maximum atomic E-state index is 13.4. The molecule has 35 heavy (non-hydrogen) atoms. The first kappa shape index (κ1) is 23.9. The van der Waals surface area contributed by atoms with Crippen LogP contribution in [0.4, 0.5) is 4.39 Å². The molecule has 0 aromatic heterocycles. The molecular formula is C27H31FN2O5. The van der Waals surface area contributed by atoms with Crippen LogP contribution in [0.15, 0.2) is 48.5 Å². The Morgan fingerprint density at radius 1 is 1.03 bits per heavy atom. The molecular weight excluding hydrogens is 451 g/mol. The summed E-state index contributed by atoms with van der Waals surface area (Å²) in [5, 5.41) is 13.5. The first-order valence-electron chi connectivity index (χ1n) is 12.3. The molecule has 5 rings (SSSR count). The fraction of sp³-hybridized carbons (Fsp3) is 0.481. The van der Waals surface area contributed by atoms with Gasteiger partial charge in [0.1, 0.15) is 11.9 Å². The largest absolute Gasteiger partial charge is 0.389 e. The molecule has 1 aliphatic carbocycles. The monoisotopic (exact) mass is 482 g/mol. The van der Waals surface area contributed by atoms with E-state index in [4.69, 9.17) is 9.47 Å². The molecule has 2 heterocycles. The predicted molar refractivity (Wildman–Crippen MR) is 126 cm³/mol. The normalized spacial score (nSPS) is 26.9.